The van der Waals surface area contributed by atoms with Gasteiger partial charge in [-0.2, -0.15) is 0 Å². The number of hydrogen-bond donors (Lipinski definition) is 0. The van der Waals surface area contributed by atoms with E-state index in [0.717, 1.165) is 0 Å². The smallest absolute Gasteiger partial charge is 0.0435 e. The molecule has 1 heteroatoms. The molecule has 0 aliphatic heterocycles. The zero-order valence-electron chi connectivity index (χ0n) is 10.8. The van der Waals surface area contributed by atoms with E-state index in [4.69, 9.17) is 0 Å². The number of nitrogens with zero attached hydrogens (tertiary/aromatic N) is 1. The Morgan fingerprint density at radius 2 is 1.75 bits per heavy atom. The highest BCUT2D eigenvalue weighted by Gasteiger charge is 2.01. The maximum atomic E-state index is 4.52. The van der Waals surface area contributed by atoms with Crippen LogP contribution in [0.1, 0.15) is 63.6 Å². The Hall–Kier alpha value is -0.850. The van der Waals surface area contributed by atoms with Crippen LogP contribution in [-0.2, 0) is 12.8 Å². The van der Waals surface area contributed by atoms with Gasteiger partial charge in [-0.15, -0.1) is 0 Å². The molecule has 0 aliphatic carbocycles. The van der Waals surface area contributed by atoms with Crippen LogP contribution in [0.2, 0.25) is 0 Å². The third kappa shape index (κ3) is 4.78. The molecule has 0 radical (unpaired) electrons. The SMILES string of the molecule is CCCCCCCc1ncccc1CCC. The van der Waals surface area contributed by atoms with E-state index in [9.17, 15) is 0 Å². The lowest BCUT2D eigenvalue weighted by Crippen LogP contribution is -1.97. The molecule has 0 aromatic carbocycles. The zero-order valence-corrected chi connectivity index (χ0v) is 10.8. The average molecular weight is 219 g/mol. The molecule has 0 saturated carbocycles. The molecule has 0 spiro atoms. The number of aryl methyl sites for hydroxylation is 2. The number of pyridine rings is 1. The van der Waals surface area contributed by atoms with Gasteiger partial charge in [-0.1, -0.05) is 52.0 Å². The van der Waals surface area contributed by atoms with E-state index in [2.05, 4.69) is 31.0 Å². The van der Waals surface area contributed by atoms with E-state index in [1.807, 2.05) is 6.20 Å². The van der Waals surface area contributed by atoms with Crippen molar-refractivity contribution in [1.82, 2.24) is 4.98 Å². The molecule has 0 atom stereocenters. The van der Waals surface area contributed by atoms with E-state index in [1.165, 1.54) is 62.6 Å². The van der Waals surface area contributed by atoms with Crippen LogP contribution in [0.15, 0.2) is 18.3 Å². The van der Waals surface area contributed by atoms with Gasteiger partial charge in [0.25, 0.3) is 0 Å². The first-order valence-corrected chi connectivity index (χ1v) is 6.81. The van der Waals surface area contributed by atoms with Crippen LogP contribution in [0.25, 0.3) is 0 Å². The standard InChI is InChI=1S/C15H25N/c1-3-5-6-7-8-12-15-14(10-4-2)11-9-13-16-15/h9,11,13H,3-8,10,12H2,1-2H3. The summed E-state index contributed by atoms with van der Waals surface area (Å²) in [5.41, 5.74) is 2.79. The van der Waals surface area contributed by atoms with Crippen LogP contribution >= 0.6 is 0 Å². The molecule has 0 N–H and O–H groups in total. The highest BCUT2D eigenvalue weighted by atomic mass is 14.7. The van der Waals surface area contributed by atoms with Crippen LogP contribution < -0.4 is 0 Å². The van der Waals surface area contributed by atoms with E-state index in [-0.39, 0.29) is 0 Å². The van der Waals surface area contributed by atoms with Crippen molar-refractivity contribution in [3.63, 3.8) is 0 Å². The second kappa shape index (κ2) is 8.32. The van der Waals surface area contributed by atoms with Gasteiger partial charge in [-0.25, -0.2) is 0 Å². The highest BCUT2D eigenvalue weighted by Crippen LogP contribution is 2.12. The Morgan fingerprint density at radius 1 is 0.938 bits per heavy atom. The molecule has 0 unspecified atom stereocenters. The minimum absolute atomic E-state index is 1.17. The topological polar surface area (TPSA) is 12.9 Å². The number of rotatable bonds is 8. The lowest BCUT2D eigenvalue weighted by Gasteiger charge is -2.07. The Morgan fingerprint density at radius 3 is 2.50 bits per heavy atom. The number of aromatic nitrogens is 1. The molecular formula is C15H25N. The van der Waals surface area contributed by atoms with Gasteiger partial charge < -0.3 is 0 Å². The minimum Gasteiger partial charge on any atom is -0.261 e. The third-order valence-corrected chi connectivity index (χ3v) is 3.02. The summed E-state index contributed by atoms with van der Waals surface area (Å²) in [5, 5.41) is 0. The summed E-state index contributed by atoms with van der Waals surface area (Å²) in [7, 11) is 0. The van der Waals surface area contributed by atoms with E-state index in [0.29, 0.717) is 0 Å². The second-order valence-corrected chi connectivity index (χ2v) is 4.52. The lowest BCUT2D eigenvalue weighted by molar-refractivity contribution is 0.625. The molecule has 1 nitrogen and oxygen atoms in total. The van der Waals surface area contributed by atoms with E-state index < -0.39 is 0 Å². The van der Waals surface area contributed by atoms with Crippen molar-refractivity contribution in [1.29, 1.82) is 0 Å². The maximum absolute atomic E-state index is 4.52. The Labute approximate surface area is 100 Å². The van der Waals surface area contributed by atoms with Crippen molar-refractivity contribution in [2.45, 2.75) is 65.2 Å². The molecular weight excluding hydrogens is 194 g/mol. The predicted octanol–water partition coefficient (Wildman–Crippen LogP) is 4.55. The summed E-state index contributed by atoms with van der Waals surface area (Å²) in [4.78, 5) is 4.52. The van der Waals surface area contributed by atoms with Gasteiger partial charge in [-0.3, -0.25) is 4.98 Å². The van der Waals surface area contributed by atoms with Gasteiger partial charge in [0, 0.05) is 11.9 Å². The summed E-state index contributed by atoms with van der Waals surface area (Å²) in [6, 6.07) is 4.30. The van der Waals surface area contributed by atoms with Crippen LogP contribution in [0.3, 0.4) is 0 Å². The molecule has 16 heavy (non-hydrogen) atoms. The molecule has 0 fully saturated rings. The van der Waals surface area contributed by atoms with Gasteiger partial charge >= 0.3 is 0 Å². The fourth-order valence-corrected chi connectivity index (χ4v) is 2.09. The molecule has 0 saturated heterocycles. The summed E-state index contributed by atoms with van der Waals surface area (Å²) in [6.45, 7) is 4.50. The first-order chi connectivity index (χ1) is 7.88. The second-order valence-electron chi connectivity index (χ2n) is 4.52. The molecule has 0 amide bonds. The first-order valence-electron chi connectivity index (χ1n) is 6.81. The molecule has 90 valence electrons. The number of unbranched alkanes of at least 4 members (excludes halogenated alkanes) is 4. The largest absolute Gasteiger partial charge is 0.261 e. The van der Waals surface area contributed by atoms with Crippen LogP contribution in [0.5, 0.6) is 0 Å². The Kier molecular flexibility index (Phi) is 6.87. The summed E-state index contributed by atoms with van der Waals surface area (Å²) >= 11 is 0. The van der Waals surface area contributed by atoms with Gasteiger partial charge in [0.2, 0.25) is 0 Å². The molecule has 0 bridgehead atoms. The first kappa shape index (κ1) is 13.2. The molecule has 0 aliphatic rings. The fraction of sp³-hybridized carbons (Fsp3) is 0.667. The molecule has 1 rings (SSSR count). The van der Waals surface area contributed by atoms with E-state index in [1.54, 1.807) is 0 Å². The van der Waals surface area contributed by atoms with Crippen molar-refractivity contribution < 1.29 is 0 Å². The summed E-state index contributed by atoms with van der Waals surface area (Å²) < 4.78 is 0. The Balaban J connectivity index is 2.34. The summed E-state index contributed by atoms with van der Waals surface area (Å²) in [5.74, 6) is 0. The van der Waals surface area contributed by atoms with Crippen molar-refractivity contribution in [3.05, 3.63) is 29.6 Å². The molecule has 1 aromatic rings. The van der Waals surface area contributed by atoms with Gasteiger partial charge in [0.1, 0.15) is 0 Å². The van der Waals surface area contributed by atoms with Crippen molar-refractivity contribution in [2.24, 2.45) is 0 Å². The fourth-order valence-electron chi connectivity index (χ4n) is 2.09. The van der Waals surface area contributed by atoms with Gasteiger partial charge in [0.15, 0.2) is 0 Å². The highest BCUT2D eigenvalue weighted by molar-refractivity contribution is 5.19. The van der Waals surface area contributed by atoms with Gasteiger partial charge in [-0.05, 0) is 30.9 Å². The normalized spacial score (nSPS) is 10.6. The van der Waals surface area contributed by atoms with Crippen molar-refractivity contribution in [2.75, 3.05) is 0 Å². The third-order valence-electron chi connectivity index (χ3n) is 3.02. The van der Waals surface area contributed by atoms with E-state index >= 15 is 0 Å². The van der Waals surface area contributed by atoms with Crippen LogP contribution in [0, 0.1) is 0 Å². The average Bonchev–Trinajstić information content (AvgIpc) is 2.31. The van der Waals surface area contributed by atoms with Crippen LogP contribution in [-0.4, -0.2) is 4.98 Å². The predicted molar refractivity (Wildman–Crippen MR) is 70.7 cm³/mol. The summed E-state index contributed by atoms with van der Waals surface area (Å²) in [6.07, 6.45) is 12.2. The monoisotopic (exact) mass is 219 g/mol. The molecule has 1 aromatic heterocycles. The van der Waals surface area contributed by atoms with Gasteiger partial charge in [0.05, 0.1) is 0 Å². The molecule has 1 heterocycles. The van der Waals surface area contributed by atoms with Crippen LogP contribution in [0.4, 0.5) is 0 Å². The maximum Gasteiger partial charge on any atom is 0.0435 e. The zero-order chi connectivity index (χ0) is 11.6. The quantitative estimate of drug-likeness (QED) is 0.585. The Bertz CT molecular complexity index is 281. The number of hydrogen-bond acceptors (Lipinski definition) is 1. The lowest BCUT2D eigenvalue weighted by atomic mass is 10.0. The minimum atomic E-state index is 1.17. The van der Waals surface area contributed by atoms with Crippen molar-refractivity contribution >= 4 is 0 Å². The van der Waals surface area contributed by atoms with Crippen molar-refractivity contribution in [3.8, 4) is 0 Å².